The number of ether oxygens (including phenoxy) is 3. The molecule has 1 aromatic carbocycles. The number of amides is 1. The van der Waals surface area contributed by atoms with Crippen LogP contribution in [0.1, 0.15) is 32.1 Å². The maximum Gasteiger partial charge on any atom is 0.220 e. The lowest BCUT2D eigenvalue weighted by Crippen LogP contribution is -2.41. The number of carbonyl (C=O) groups excluding carboxylic acids is 1. The number of hydrogen-bond donors (Lipinski definition) is 2. The van der Waals surface area contributed by atoms with Gasteiger partial charge in [0.2, 0.25) is 5.91 Å². The van der Waals surface area contributed by atoms with E-state index in [1.807, 2.05) is 49.7 Å². The summed E-state index contributed by atoms with van der Waals surface area (Å²) in [5.41, 5.74) is 8.16. The lowest BCUT2D eigenvalue weighted by atomic mass is 10.1. The summed E-state index contributed by atoms with van der Waals surface area (Å²) in [6, 6.07) is 7.55. The summed E-state index contributed by atoms with van der Waals surface area (Å²) in [7, 11) is 1.99. The second kappa shape index (κ2) is 10.5. The van der Waals surface area contributed by atoms with Crippen molar-refractivity contribution in [3.63, 3.8) is 0 Å². The van der Waals surface area contributed by atoms with Gasteiger partial charge in [0.15, 0.2) is 23.5 Å². The van der Waals surface area contributed by atoms with Crippen LogP contribution in [0, 0.1) is 0 Å². The van der Waals surface area contributed by atoms with Gasteiger partial charge in [-0.2, -0.15) is 0 Å². The summed E-state index contributed by atoms with van der Waals surface area (Å²) in [4.78, 5) is 27.2. The van der Waals surface area contributed by atoms with E-state index in [-0.39, 0.29) is 24.2 Å². The Morgan fingerprint density at radius 1 is 1.19 bits per heavy atom. The number of benzene rings is 1. The Kier molecular flexibility index (Phi) is 7.32. The zero-order valence-electron chi connectivity index (χ0n) is 21.1. The molecule has 3 N–H and O–H groups in total. The average molecular weight is 530 g/mol. The molecule has 2 fully saturated rings. The first-order valence-electron chi connectivity index (χ1n) is 12.3. The van der Waals surface area contributed by atoms with Crippen molar-refractivity contribution in [2.75, 3.05) is 32.4 Å². The molecule has 37 heavy (non-hydrogen) atoms. The highest BCUT2D eigenvalue weighted by atomic mass is 35.5. The summed E-state index contributed by atoms with van der Waals surface area (Å²) < 4.78 is 20.7. The van der Waals surface area contributed by atoms with E-state index in [1.54, 1.807) is 6.33 Å². The molecule has 4 heterocycles. The monoisotopic (exact) mass is 529 g/mol. The number of anilines is 1. The van der Waals surface area contributed by atoms with E-state index in [4.69, 9.17) is 31.5 Å². The van der Waals surface area contributed by atoms with E-state index >= 15 is 0 Å². The molecule has 0 saturated carbocycles. The van der Waals surface area contributed by atoms with Crippen LogP contribution < -0.4 is 11.1 Å². The van der Waals surface area contributed by atoms with Gasteiger partial charge in [0.25, 0.3) is 0 Å². The number of nitrogens with zero attached hydrogens (tertiary/aromatic N) is 5. The van der Waals surface area contributed by atoms with Crippen molar-refractivity contribution in [3.8, 4) is 0 Å². The highest BCUT2D eigenvalue weighted by Gasteiger charge is 2.56. The number of rotatable bonds is 9. The van der Waals surface area contributed by atoms with Crippen LogP contribution >= 0.6 is 11.6 Å². The standard InChI is InChI=1S/C25H32ClN7O4/c1-25(2)36-20-17(12-32(3)11-10-28-18(34)9-6-15-4-7-16(26)8-5-15)35-24(21(20)37-25)33-14-31-19-22(27)29-13-30-23(19)33/h4-5,7-8,13-14,17,20-21,24H,6,9-12H2,1-3H3,(H,28,34)(H2,27,29,30)/t17-,20-,21-,24-/m1/s1. The Bertz CT molecular complexity index is 1250. The maximum absolute atomic E-state index is 12.3. The Labute approximate surface area is 220 Å². The van der Waals surface area contributed by atoms with Gasteiger partial charge in [0.05, 0.1) is 6.33 Å². The van der Waals surface area contributed by atoms with E-state index < -0.39 is 12.0 Å². The third-order valence-corrected chi connectivity index (χ3v) is 6.90. The van der Waals surface area contributed by atoms with E-state index in [9.17, 15) is 4.79 Å². The van der Waals surface area contributed by atoms with Gasteiger partial charge in [-0.3, -0.25) is 9.36 Å². The first-order chi connectivity index (χ1) is 17.7. The summed E-state index contributed by atoms with van der Waals surface area (Å²) in [5, 5.41) is 3.68. The summed E-state index contributed by atoms with van der Waals surface area (Å²) in [6.07, 6.45) is 2.82. The van der Waals surface area contributed by atoms with Gasteiger partial charge < -0.3 is 30.2 Å². The molecule has 0 bridgehead atoms. The molecule has 0 spiro atoms. The van der Waals surface area contributed by atoms with Crippen LogP contribution in [-0.4, -0.2) is 81.1 Å². The van der Waals surface area contributed by atoms with Gasteiger partial charge in [0, 0.05) is 31.1 Å². The Hall–Kier alpha value is -2.83. The molecule has 0 unspecified atom stereocenters. The molecule has 4 atom stereocenters. The molecule has 198 valence electrons. The number of fused-ring (bicyclic) bond motifs is 2. The fourth-order valence-electron chi connectivity index (χ4n) is 4.87. The Morgan fingerprint density at radius 3 is 2.73 bits per heavy atom. The number of nitrogen functional groups attached to an aromatic ring is 1. The van der Waals surface area contributed by atoms with Crippen LogP contribution in [0.2, 0.25) is 5.02 Å². The van der Waals surface area contributed by atoms with Gasteiger partial charge in [-0.05, 0) is 45.0 Å². The van der Waals surface area contributed by atoms with Gasteiger partial charge in [-0.15, -0.1) is 0 Å². The third kappa shape index (κ3) is 5.70. The minimum Gasteiger partial charge on any atom is -0.382 e. The minimum atomic E-state index is -0.739. The number of nitrogens with two attached hydrogens (primary N) is 1. The van der Waals surface area contributed by atoms with Crippen LogP contribution in [0.5, 0.6) is 0 Å². The number of imidazole rings is 1. The fraction of sp³-hybridized carbons (Fsp3) is 0.520. The van der Waals surface area contributed by atoms with Crippen LogP contribution in [0.15, 0.2) is 36.9 Å². The van der Waals surface area contributed by atoms with Crippen molar-refractivity contribution >= 4 is 34.5 Å². The van der Waals surface area contributed by atoms with Crippen molar-refractivity contribution in [3.05, 3.63) is 47.5 Å². The first kappa shape index (κ1) is 25.8. The Morgan fingerprint density at radius 2 is 1.95 bits per heavy atom. The average Bonchev–Trinajstić information content (AvgIpc) is 3.51. The Balaban J connectivity index is 1.16. The number of hydrogen-bond acceptors (Lipinski definition) is 9. The normalized spacial score (nSPS) is 24.6. The molecule has 12 heteroatoms. The van der Waals surface area contributed by atoms with Crippen molar-refractivity contribution < 1.29 is 19.0 Å². The van der Waals surface area contributed by atoms with Crippen molar-refractivity contribution in [1.82, 2.24) is 29.7 Å². The number of nitrogens with one attached hydrogen (secondary N) is 1. The molecular formula is C25H32ClN7O4. The predicted octanol–water partition coefficient (Wildman–Crippen LogP) is 2.16. The van der Waals surface area contributed by atoms with E-state index in [1.165, 1.54) is 6.33 Å². The molecule has 1 amide bonds. The lowest BCUT2D eigenvalue weighted by Gasteiger charge is -2.27. The van der Waals surface area contributed by atoms with E-state index in [2.05, 4.69) is 25.2 Å². The number of halogens is 1. The third-order valence-electron chi connectivity index (χ3n) is 6.65. The molecule has 2 aliphatic heterocycles. The maximum atomic E-state index is 12.3. The van der Waals surface area contributed by atoms with Gasteiger partial charge >= 0.3 is 0 Å². The molecule has 0 radical (unpaired) electrons. The minimum absolute atomic E-state index is 0.0168. The van der Waals surface area contributed by atoms with Gasteiger partial charge in [-0.1, -0.05) is 23.7 Å². The van der Waals surface area contributed by atoms with Crippen molar-refractivity contribution in [1.29, 1.82) is 0 Å². The second-order valence-corrected chi connectivity index (χ2v) is 10.4. The van der Waals surface area contributed by atoms with Crippen LogP contribution in [0.3, 0.4) is 0 Å². The SMILES string of the molecule is CN(CCNC(=O)CCc1ccc(Cl)cc1)C[C@H]1O[C@@H](n2cnc3c(N)ncnc32)[C@@H]2OC(C)(C)O[C@@H]21. The number of likely N-dealkylation sites (N-methyl/N-ethyl adjacent to an activating group) is 1. The van der Waals surface area contributed by atoms with Gasteiger partial charge in [0.1, 0.15) is 30.2 Å². The molecule has 11 nitrogen and oxygen atoms in total. The summed E-state index contributed by atoms with van der Waals surface area (Å²) in [6.45, 7) is 5.59. The van der Waals surface area contributed by atoms with Crippen LogP contribution in [-0.2, 0) is 25.4 Å². The van der Waals surface area contributed by atoms with Crippen LogP contribution in [0.4, 0.5) is 5.82 Å². The number of aryl methyl sites for hydroxylation is 1. The highest BCUT2D eigenvalue weighted by Crippen LogP contribution is 2.44. The predicted molar refractivity (Wildman–Crippen MR) is 138 cm³/mol. The van der Waals surface area contributed by atoms with Crippen molar-refractivity contribution in [2.24, 2.45) is 0 Å². The smallest absolute Gasteiger partial charge is 0.220 e. The summed E-state index contributed by atoms with van der Waals surface area (Å²) in [5.74, 6) is -0.409. The topological polar surface area (TPSA) is 130 Å². The molecule has 3 aromatic rings. The molecule has 0 aliphatic carbocycles. The fourth-order valence-corrected chi connectivity index (χ4v) is 4.99. The second-order valence-electron chi connectivity index (χ2n) is 9.95. The van der Waals surface area contributed by atoms with E-state index in [0.29, 0.717) is 54.5 Å². The molecule has 2 saturated heterocycles. The molecule has 5 rings (SSSR count). The lowest BCUT2D eigenvalue weighted by molar-refractivity contribution is -0.197. The molecular weight excluding hydrogens is 498 g/mol. The van der Waals surface area contributed by atoms with Crippen LogP contribution in [0.25, 0.3) is 11.2 Å². The van der Waals surface area contributed by atoms with Gasteiger partial charge in [-0.25, -0.2) is 15.0 Å². The zero-order valence-corrected chi connectivity index (χ0v) is 21.9. The quantitative estimate of drug-likeness (QED) is 0.428. The van der Waals surface area contributed by atoms with E-state index in [0.717, 1.165) is 5.56 Å². The molecule has 2 aliphatic rings. The highest BCUT2D eigenvalue weighted by molar-refractivity contribution is 6.30. The number of aromatic nitrogens is 4. The summed E-state index contributed by atoms with van der Waals surface area (Å²) >= 11 is 5.92. The van der Waals surface area contributed by atoms with Crippen molar-refractivity contribution in [2.45, 2.75) is 57.0 Å². The number of carbonyl (C=O) groups is 1. The molecule has 2 aromatic heterocycles. The largest absolute Gasteiger partial charge is 0.382 e. The zero-order chi connectivity index (χ0) is 26.2. The first-order valence-corrected chi connectivity index (χ1v) is 12.7.